The Kier molecular flexibility index (Phi) is 3.78. The molecule has 0 aliphatic rings. The van der Waals surface area contributed by atoms with E-state index in [1.807, 2.05) is 0 Å². The number of anilines is 1. The molecule has 20 heavy (non-hydrogen) atoms. The molecule has 2 heterocycles. The van der Waals surface area contributed by atoms with Crippen LogP contribution in [-0.4, -0.2) is 45.0 Å². The second-order valence-electron chi connectivity index (χ2n) is 3.67. The summed E-state index contributed by atoms with van der Waals surface area (Å²) in [5.41, 5.74) is 5.87. The lowest BCUT2D eigenvalue weighted by atomic mass is 10.3. The Bertz CT molecular complexity index is 666. The Morgan fingerprint density at radius 1 is 1.20 bits per heavy atom. The third-order valence-electron chi connectivity index (χ3n) is 2.42. The van der Waals surface area contributed by atoms with E-state index in [1.165, 1.54) is 6.20 Å². The molecule has 2 N–H and O–H groups in total. The summed E-state index contributed by atoms with van der Waals surface area (Å²) in [7, 11) is 0. The summed E-state index contributed by atoms with van der Waals surface area (Å²) in [5, 5.41) is 11.4. The van der Waals surface area contributed by atoms with Gasteiger partial charge in [0.2, 0.25) is 5.69 Å². The summed E-state index contributed by atoms with van der Waals surface area (Å²) in [6, 6.07) is 0. The van der Waals surface area contributed by atoms with Crippen LogP contribution in [0.3, 0.4) is 0 Å². The van der Waals surface area contributed by atoms with Gasteiger partial charge in [0, 0.05) is 0 Å². The van der Waals surface area contributed by atoms with Gasteiger partial charge in [-0.05, 0) is 13.8 Å². The van der Waals surface area contributed by atoms with Gasteiger partial charge >= 0.3 is 11.9 Å². The van der Waals surface area contributed by atoms with Crippen molar-refractivity contribution < 1.29 is 19.1 Å². The van der Waals surface area contributed by atoms with Crippen molar-refractivity contribution in [3.05, 3.63) is 17.5 Å². The van der Waals surface area contributed by atoms with Gasteiger partial charge < -0.3 is 15.2 Å². The second kappa shape index (κ2) is 5.51. The summed E-state index contributed by atoms with van der Waals surface area (Å²) in [4.78, 5) is 23.3. The molecule has 0 spiro atoms. The summed E-state index contributed by atoms with van der Waals surface area (Å²) in [5.74, 6) is -1.34. The van der Waals surface area contributed by atoms with Crippen LogP contribution < -0.4 is 5.73 Å². The first-order valence-electron chi connectivity index (χ1n) is 5.94. The Labute approximate surface area is 113 Å². The minimum Gasteiger partial charge on any atom is -0.462 e. The molecule has 9 heteroatoms. The van der Waals surface area contributed by atoms with E-state index < -0.39 is 11.9 Å². The number of nitrogens with zero attached hydrogens (tertiary/aromatic N) is 4. The van der Waals surface area contributed by atoms with Crippen LogP contribution in [0.2, 0.25) is 0 Å². The summed E-state index contributed by atoms with van der Waals surface area (Å²) in [6.07, 6.45) is 1.26. The Hall–Kier alpha value is -2.71. The zero-order valence-electron chi connectivity index (χ0n) is 11.0. The number of carbonyl (C=O) groups is 2. The average Bonchev–Trinajstić information content (AvgIpc) is 2.84. The zero-order valence-corrected chi connectivity index (χ0v) is 11.0. The van der Waals surface area contributed by atoms with Crippen LogP contribution in [0, 0.1) is 0 Å². The predicted molar refractivity (Wildman–Crippen MR) is 67.1 cm³/mol. The van der Waals surface area contributed by atoms with Gasteiger partial charge in [0.1, 0.15) is 5.56 Å². The first-order valence-corrected chi connectivity index (χ1v) is 5.94. The van der Waals surface area contributed by atoms with Crippen molar-refractivity contribution in [3.63, 3.8) is 0 Å². The van der Waals surface area contributed by atoms with Gasteiger partial charge in [-0.15, -0.1) is 10.2 Å². The van der Waals surface area contributed by atoms with Crippen molar-refractivity contribution in [2.75, 3.05) is 18.9 Å². The number of aromatic nitrogens is 4. The number of esters is 2. The van der Waals surface area contributed by atoms with Crippen molar-refractivity contribution in [1.82, 2.24) is 19.8 Å². The number of hydrogen-bond acceptors (Lipinski definition) is 8. The predicted octanol–water partition coefficient (Wildman–Crippen LogP) is 0.0599. The van der Waals surface area contributed by atoms with Crippen LogP contribution in [-0.2, 0) is 9.47 Å². The van der Waals surface area contributed by atoms with E-state index >= 15 is 0 Å². The number of carbonyl (C=O) groups excluding carboxylic acids is 2. The molecule has 0 aliphatic carbocycles. The Morgan fingerprint density at radius 3 is 2.50 bits per heavy atom. The maximum absolute atomic E-state index is 11.7. The van der Waals surface area contributed by atoms with Gasteiger partial charge in [-0.25, -0.2) is 9.59 Å². The second-order valence-corrected chi connectivity index (χ2v) is 3.67. The molecule has 106 valence electrons. The zero-order chi connectivity index (χ0) is 14.7. The molecule has 0 amide bonds. The molecule has 0 atom stereocenters. The first-order chi connectivity index (χ1) is 9.60. The van der Waals surface area contributed by atoms with Crippen molar-refractivity contribution in [2.24, 2.45) is 0 Å². The Morgan fingerprint density at radius 2 is 1.85 bits per heavy atom. The smallest absolute Gasteiger partial charge is 0.362 e. The molecule has 2 aromatic rings. The largest absolute Gasteiger partial charge is 0.462 e. The lowest BCUT2D eigenvalue weighted by Crippen LogP contribution is -2.16. The van der Waals surface area contributed by atoms with Crippen molar-refractivity contribution in [3.8, 4) is 0 Å². The molecule has 0 aromatic carbocycles. The average molecular weight is 279 g/mol. The number of ether oxygens (including phenoxy) is 2. The van der Waals surface area contributed by atoms with Gasteiger partial charge in [-0.2, -0.15) is 9.61 Å². The van der Waals surface area contributed by atoms with Gasteiger partial charge in [0.25, 0.3) is 0 Å². The van der Waals surface area contributed by atoms with Crippen LogP contribution in [0.5, 0.6) is 0 Å². The summed E-state index contributed by atoms with van der Waals surface area (Å²) >= 11 is 0. The van der Waals surface area contributed by atoms with Crippen molar-refractivity contribution in [1.29, 1.82) is 0 Å². The highest BCUT2D eigenvalue weighted by Gasteiger charge is 2.22. The quantitative estimate of drug-likeness (QED) is 0.779. The Balaban J connectivity index is 2.48. The van der Waals surface area contributed by atoms with Crippen molar-refractivity contribution in [2.45, 2.75) is 13.8 Å². The van der Waals surface area contributed by atoms with Gasteiger partial charge in [0.15, 0.2) is 11.5 Å². The molecule has 2 aromatic heterocycles. The maximum atomic E-state index is 11.7. The molecule has 0 aliphatic heterocycles. The normalized spacial score (nSPS) is 10.5. The molecule has 2 rings (SSSR count). The number of rotatable bonds is 4. The highest BCUT2D eigenvalue weighted by atomic mass is 16.5. The molecule has 0 unspecified atom stereocenters. The van der Waals surface area contributed by atoms with E-state index in [0.717, 1.165) is 4.52 Å². The van der Waals surface area contributed by atoms with Gasteiger partial charge in [-0.3, -0.25) is 0 Å². The van der Waals surface area contributed by atoms with Gasteiger partial charge in [-0.1, -0.05) is 0 Å². The molecule has 0 fully saturated rings. The minimum absolute atomic E-state index is 0.0519. The lowest BCUT2D eigenvalue weighted by Gasteiger charge is -2.05. The van der Waals surface area contributed by atoms with Crippen LogP contribution in [0.4, 0.5) is 5.82 Å². The molecular weight excluding hydrogens is 266 g/mol. The number of nitrogen functional groups attached to an aromatic ring is 1. The standard InChI is InChI=1S/C11H13N5O4/c1-3-19-10(17)6-5-13-16-8(12)7(11(18)20-4-2)14-15-9(6)16/h5H,3-4,12H2,1-2H3. The lowest BCUT2D eigenvalue weighted by molar-refractivity contribution is 0.0514. The monoisotopic (exact) mass is 279 g/mol. The highest BCUT2D eigenvalue weighted by Crippen LogP contribution is 2.15. The fraction of sp³-hybridized carbons (Fsp3) is 0.364. The molecular formula is C11H13N5O4. The van der Waals surface area contributed by atoms with Gasteiger partial charge in [0.05, 0.1) is 19.4 Å². The molecule has 0 saturated heterocycles. The molecule has 0 radical (unpaired) electrons. The molecule has 0 saturated carbocycles. The van der Waals surface area contributed by atoms with Crippen LogP contribution >= 0.6 is 0 Å². The topological polar surface area (TPSA) is 122 Å². The van der Waals surface area contributed by atoms with Crippen LogP contribution in [0.15, 0.2) is 6.20 Å². The van der Waals surface area contributed by atoms with E-state index in [4.69, 9.17) is 15.2 Å². The van der Waals surface area contributed by atoms with E-state index in [1.54, 1.807) is 13.8 Å². The van der Waals surface area contributed by atoms with E-state index in [-0.39, 0.29) is 35.9 Å². The van der Waals surface area contributed by atoms with Crippen LogP contribution in [0.25, 0.3) is 5.65 Å². The van der Waals surface area contributed by atoms with E-state index in [9.17, 15) is 9.59 Å². The number of nitrogens with two attached hydrogens (primary N) is 1. The first kappa shape index (κ1) is 13.7. The summed E-state index contributed by atoms with van der Waals surface area (Å²) in [6.45, 7) is 3.75. The fourth-order valence-corrected chi connectivity index (χ4v) is 1.56. The minimum atomic E-state index is -0.701. The fourth-order valence-electron chi connectivity index (χ4n) is 1.56. The maximum Gasteiger partial charge on any atom is 0.362 e. The highest BCUT2D eigenvalue weighted by molar-refractivity contribution is 5.97. The van der Waals surface area contributed by atoms with Crippen molar-refractivity contribution >= 4 is 23.4 Å². The number of fused-ring (bicyclic) bond motifs is 1. The third-order valence-corrected chi connectivity index (χ3v) is 2.42. The SMILES string of the molecule is CCOC(=O)c1nnc2c(C(=O)OCC)cnn2c1N. The molecule has 0 bridgehead atoms. The number of hydrogen-bond donors (Lipinski definition) is 1. The third kappa shape index (κ3) is 2.25. The van der Waals surface area contributed by atoms with E-state index in [2.05, 4.69) is 15.3 Å². The molecule has 9 nitrogen and oxygen atoms in total. The van der Waals surface area contributed by atoms with E-state index in [0.29, 0.717) is 0 Å². The van der Waals surface area contributed by atoms with Crippen LogP contribution in [0.1, 0.15) is 34.7 Å². The summed E-state index contributed by atoms with van der Waals surface area (Å²) < 4.78 is 10.8.